The maximum Gasteiger partial charge on any atom is 0.132 e. The van der Waals surface area contributed by atoms with Gasteiger partial charge in [0.15, 0.2) is 0 Å². The Bertz CT molecular complexity index is 977. The quantitative estimate of drug-likeness (QED) is 0.627. The van der Waals surface area contributed by atoms with Crippen LogP contribution < -0.4 is 11.1 Å². The Morgan fingerprint density at radius 3 is 2.92 bits per heavy atom. The molecule has 1 aliphatic heterocycles. The van der Waals surface area contributed by atoms with Crippen LogP contribution in [0.15, 0.2) is 24.3 Å². The first kappa shape index (κ1) is 17.2. The number of benzene rings is 2. The molecule has 0 saturated carbocycles. The summed E-state index contributed by atoms with van der Waals surface area (Å²) in [4.78, 5) is 3.42. The van der Waals surface area contributed by atoms with Gasteiger partial charge in [-0.25, -0.2) is 4.39 Å². The van der Waals surface area contributed by atoms with E-state index in [1.165, 1.54) is 11.1 Å². The van der Waals surface area contributed by atoms with Gasteiger partial charge in [0.05, 0.1) is 18.9 Å². The maximum atomic E-state index is 15.3. The van der Waals surface area contributed by atoms with E-state index in [0.29, 0.717) is 12.2 Å². The van der Waals surface area contributed by atoms with Crippen LogP contribution in [0.5, 0.6) is 0 Å². The van der Waals surface area contributed by atoms with E-state index in [0.717, 1.165) is 52.8 Å². The Morgan fingerprint density at radius 1 is 1.27 bits per heavy atom. The minimum Gasteiger partial charge on any atom is -0.362 e. The molecule has 0 saturated heterocycles. The number of nitrogens with two attached hydrogens (primary N) is 1. The summed E-state index contributed by atoms with van der Waals surface area (Å²) in [7, 11) is 0. The maximum absolute atomic E-state index is 15.3. The number of aromatic nitrogens is 1. The zero-order valence-corrected chi connectivity index (χ0v) is 15.2. The number of aryl methyl sites for hydroxylation is 2. The fourth-order valence-corrected chi connectivity index (χ4v) is 4.00. The van der Waals surface area contributed by atoms with Crippen molar-refractivity contribution in [3.63, 3.8) is 0 Å². The van der Waals surface area contributed by atoms with E-state index in [2.05, 4.69) is 16.4 Å². The molecule has 2 aromatic carbocycles. The van der Waals surface area contributed by atoms with Crippen molar-refractivity contribution < 1.29 is 9.13 Å². The number of fused-ring (bicyclic) bond motifs is 2. The van der Waals surface area contributed by atoms with Crippen LogP contribution in [0.25, 0.3) is 22.0 Å². The lowest BCUT2D eigenvalue weighted by Gasteiger charge is -2.21. The highest BCUT2D eigenvalue weighted by atomic mass is 19.1. The highest BCUT2D eigenvalue weighted by Gasteiger charge is 2.22. The van der Waals surface area contributed by atoms with Gasteiger partial charge in [0.2, 0.25) is 0 Å². The number of halogens is 1. The molecule has 0 spiro atoms. The van der Waals surface area contributed by atoms with Crippen molar-refractivity contribution in [1.29, 1.82) is 0 Å². The van der Waals surface area contributed by atoms with Crippen LogP contribution in [0.2, 0.25) is 0 Å². The van der Waals surface area contributed by atoms with Gasteiger partial charge in [-0.15, -0.1) is 0 Å². The van der Waals surface area contributed by atoms with Crippen molar-refractivity contribution >= 4 is 10.9 Å². The standard InChI is InChI=1S/C21H24FN3O/c1-12-13(2)25-21-15(10-26-11-23)8-18(22)20(19(12)21)17-5-3-4-14-9-24-7-6-16(14)17/h3-5,8,24-25H,6-7,9-11,23H2,1-2H3. The molecule has 0 amide bonds. The van der Waals surface area contributed by atoms with Crippen molar-refractivity contribution in [2.45, 2.75) is 33.4 Å². The molecular formula is C21H24FN3O. The fraction of sp³-hybridized carbons (Fsp3) is 0.333. The molecule has 5 heteroatoms. The second-order valence-corrected chi connectivity index (χ2v) is 6.90. The average molecular weight is 353 g/mol. The summed E-state index contributed by atoms with van der Waals surface area (Å²) in [5.41, 5.74) is 13.5. The molecule has 26 heavy (non-hydrogen) atoms. The Morgan fingerprint density at radius 2 is 2.12 bits per heavy atom. The third kappa shape index (κ3) is 2.72. The van der Waals surface area contributed by atoms with Crippen molar-refractivity contribution in [3.05, 3.63) is 58.0 Å². The van der Waals surface area contributed by atoms with Crippen LogP contribution in [0, 0.1) is 19.7 Å². The van der Waals surface area contributed by atoms with Gasteiger partial charge in [-0.1, -0.05) is 18.2 Å². The predicted molar refractivity (Wildman–Crippen MR) is 102 cm³/mol. The highest BCUT2D eigenvalue weighted by Crippen LogP contribution is 2.39. The fourth-order valence-electron chi connectivity index (χ4n) is 4.00. The molecular weight excluding hydrogens is 329 g/mol. The number of H-pyrrole nitrogens is 1. The Hall–Kier alpha value is -2.21. The number of hydrogen-bond donors (Lipinski definition) is 3. The van der Waals surface area contributed by atoms with Gasteiger partial charge < -0.3 is 20.8 Å². The number of ether oxygens (including phenoxy) is 1. The third-order valence-electron chi connectivity index (χ3n) is 5.40. The monoisotopic (exact) mass is 353 g/mol. The molecule has 136 valence electrons. The lowest BCUT2D eigenvalue weighted by atomic mass is 9.88. The predicted octanol–water partition coefficient (Wildman–Crippen LogP) is 3.67. The second kappa shape index (κ2) is 6.83. The van der Waals surface area contributed by atoms with Crippen LogP contribution in [0.4, 0.5) is 4.39 Å². The summed E-state index contributed by atoms with van der Waals surface area (Å²) < 4.78 is 20.7. The normalized spacial score (nSPS) is 14.0. The molecule has 0 radical (unpaired) electrons. The smallest absolute Gasteiger partial charge is 0.132 e. The average Bonchev–Trinajstić information content (AvgIpc) is 2.95. The van der Waals surface area contributed by atoms with Crippen LogP contribution in [-0.2, 0) is 24.3 Å². The minimum atomic E-state index is -0.206. The Labute approximate surface area is 152 Å². The van der Waals surface area contributed by atoms with Crippen molar-refractivity contribution in [1.82, 2.24) is 10.3 Å². The lowest BCUT2D eigenvalue weighted by Crippen LogP contribution is -2.24. The molecule has 0 aliphatic carbocycles. The van der Waals surface area contributed by atoms with Crippen molar-refractivity contribution in [2.75, 3.05) is 13.3 Å². The molecule has 1 aliphatic rings. The van der Waals surface area contributed by atoms with Crippen molar-refractivity contribution in [3.8, 4) is 11.1 Å². The summed E-state index contributed by atoms with van der Waals surface area (Å²) in [5.74, 6) is -0.206. The molecule has 4 N–H and O–H groups in total. The Kier molecular flexibility index (Phi) is 4.53. The molecule has 0 fully saturated rings. The van der Waals surface area contributed by atoms with Gasteiger partial charge >= 0.3 is 0 Å². The first-order valence-corrected chi connectivity index (χ1v) is 9.01. The first-order valence-electron chi connectivity index (χ1n) is 9.01. The second-order valence-electron chi connectivity index (χ2n) is 6.90. The molecule has 0 unspecified atom stereocenters. The number of hydrogen-bond acceptors (Lipinski definition) is 3. The zero-order valence-electron chi connectivity index (χ0n) is 15.2. The molecule has 0 atom stereocenters. The highest BCUT2D eigenvalue weighted by molar-refractivity contribution is 6.01. The number of aromatic amines is 1. The molecule has 3 aromatic rings. The molecule has 1 aromatic heterocycles. The third-order valence-corrected chi connectivity index (χ3v) is 5.40. The summed E-state index contributed by atoms with van der Waals surface area (Å²) >= 11 is 0. The van der Waals surface area contributed by atoms with E-state index in [-0.39, 0.29) is 12.5 Å². The van der Waals surface area contributed by atoms with Gasteiger partial charge in [0.1, 0.15) is 5.82 Å². The van der Waals surface area contributed by atoms with E-state index in [9.17, 15) is 0 Å². The van der Waals surface area contributed by atoms with Gasteiger partial charge in [-0.2, -0.15) is 0 Å². The molecule has 4 rings (SSSR count). The molecule has 2 heterocycles. The number of nitrogens with one attached hydrogen (secondary N) is 2. The first-order chi connectivity index (χ1) is 12.6. The van der Waals surface area contributed by atoms with Gasteiger partial charge in [0, 0.05) is 28.8 Å². The van der Waals surface area contributed by atoms with Gasteiger partial charge in [-0.05, 0) is 55.1 Å². The van der Waals surface area contributed by atoms with E-state index in [1.807, 2.05) is 26.0 Å². The largest absolute Gasteiger partial charge is 0.362 e. The zero-order chi connectivity index (χ0) is 18.3. The molecule has 0 bridgehead atoms. The minimum absolute atomic E-state index is 0.114. The topological polar surface area (TPSA) is 63.1 Å². The van der Waals surface area contributed by atoms with Crippen LogP contribution in [-0.4, -0.2) is 18.3 Å². The van der Waals surface area contributed by atoms with E-state index in [4.69, 9.17) is 10.5 Å². The SMILES string of the molecule is Cc1[nH]c2c(COCN)cc(F)c(-c3cccc4c3CCNC4)c2c1C. The summed E-state index contributed by atoms with van der Waals surface area (Å²) in [5, 5.41) is 4.34. The van der Waals surface area contributed by atoms with Gasteiger partial charge in [-0.3, -0.25) is 0 Å². The van der Waals surface area contributed by atoms with Crippen LogP contribution in [0.3, 0.4) is 0 Å². The van der Waals surface area contributed by atoms with E-state index >= 15 is 4.39 Å². The van der Waals surface area contributed by atoms with Crippen molar-refractivity contribution in [2.24, 2.45) is 5.73 Å². The summed E-state index contributed by atoms with van der Waals surface area (Å²) in [6.45, 7) is 6.23. The van der Waals surface area contributed by atoms with Crippen LogP contribution in [0.1, 0.15) is 27.9 Å². The summed E-state index contributed by atoms with van der Waals surface area (Å²) in [6.07, 6.45) is 0.910. The van der Waals surface area contributed by atoms with Gasteiger partial charge in [0.25, 0.3) is 0 Å². The summed E-state index contributed by atoms with van der Waals surface area (Å²) in [6, 6.07) is 7.77. The Balaban J connectivity index is 2.01. The molecule has 4 nitrogen and oxygen atoms in total. The number of rotatable bonds is 4. The van der Waals surface area contributed by atoms with E-state index in [1.54, 1.807) is 6.07 Å². The lowest BCUT2D eigenvalue weighted by molar-refractivity contribution is 0.128. The van der Waals surface area contributed by atoms with Crippen LogP contribution >= 0.6 is 0 Å². The van der Waals surface area contributed by atoms with E-state index < -0.39 is 0 Å².